The summed E-state index contributed by atoms with van der Waals surface area (Å²) in [7, 11) is 0. The molecule has 0 spiro atoms. The monoisotopic (exact) mass is 457 g/mol. The topological polar surface area (TPSA) is 30.7 Å². The van der Waals surface area contributed by atoms with Gasteiger partial charge in [0.15, 0.2) is 11.6 Å². The van der Waals surface area contributed by atoms with Crippen molar-refractivity contribution in [2.45, 2.75) is 33.6 Å². The van der Waals surface area contributed by atoms with Gasteiger partial charge in [-0.1, -0.05) is 118 Å². The van der Waals surface area contributed by atoms with Gasteiger partial charge in [-0.25, -0.2) is 0 Å². The van der Waals surface area contributed by atoms with E-state index in [4.69, 9.17) is 0 Å². The highest BCUT2D eigenvalue weighted by atomic mass is 15.3. The van der Waals surface area contributed by atoms with Crippen molar-refractivity contribution in [2.24, 2.45) is 5.41 Å². The highest BCUT2D eigenvalue weighted by Crippen LogP contribution is 2.30. The van der Waals surface area contributed by atoms with Gasteiger partial charge in [-0.15, -0.1) is 10.2 Å². The molecular weight excluding hydrogens is 426 g/mol. The molecule has 4 aromatic carbocycles. The Morgan fingerprint density at radius 1 is 0.543 bits per heavy atom. The Balaban J connectivity index is 1.50. The Labute approximate surface area is 208 Å². The second-order valence-electron chi connectivity index (χ2n) is 10.3. The smallest absolute Gasteiger partial charge is 0.168 e. The van der Waals surface area contributed by atoms with Gasteiger partial charge in [0.25, 0.3) is 0 Å². The van der Waals surface area contributed by atoms with Crippen LogP contribution in [0.15, 0.2) is 109 Å². The average molecular weight is 458 g/mol. The van der Waals surface area contributed by atoms with Gasteiger partial charge in [0, 0.05) is 16.8 Å². The zero-order valence-corrected chi connectivity index (χ0v) is 20.6. The van der Waals surface area contributed by atoms with Gasteiger partial charge >= 0.3 is 0 Å². The Morgan fingerprint density at radius 2 is 1.00 bits per heavy atom. The van der Waals surface area contributed by atoms with Crippen molar-refractivity contribution < 1.29 is 0 Å². The van der Waals surface area contributed by atoms with E-state index in [-0.39, 0.29) is 5.41 Å². The molecule has 174 valence electrons. The molecule has 1 heterocycles. The lowest BCUT2D eigenvalue weighted by Crippen LogP contribution is -2.08. The molecule has 0 aliphatic heterocycles. The first kappa shape index (κ1) is 22.8. The van der Waals surface area contributed by atoms with Crippen LogP contribution in [0.25, 0.3) is 28.5 Å². The van der Waals surface area contributed by atoms with Gasteiger partial charge in [-0.2, -0.15) is 0 Å². The summed E-state index contributed by atoms with van der Waals surface area (Å²) >= 11 is 0. The van der Waals surface area contributed by atoms with Crippen molar-refractivity contribution in [3.05, 3.63) is 126 Å². The molecule has 3 heteroatoms. The van der Waals surface area contributed by atoms with Crippen LogP contribution in [-0.2, 0) is 12.8 Å². The van der Waals surface area contributed by atoms with Crippen molar-refractivity contribution in [3.8, 4) is 28.5 Å². The van der Waals surface area contributed by atoms with Crippen LogP contribution in [0.1, 0.15) is 37.5 Å². The van der Waals surface area contributed by atoms with Crippen LogP contribution in [0.2, 0.25) is 0 Å². The largest absolute Gasteiger partial charge is 0.275 e. The molecular formula is C32H31N3. The summed E-state index contributed by atoms with van der Waals surface area (Å²) < 4.78 is 2.16. The SMILES string of the molecule is CC(C)(C)Cc1ccc(-c2nnc(-c3ccc(Cc4ccccc4)cc3)n2-c2ccccc2)cc1. The number of para-hydroxylation sites is 1. The molecule has 0 atom stereocenters. The number of nitrogens with zero attached hydrogens (tertiary/aromatic N) is 3. The molecule has 0 saturated carbocycles. The third-order valence-electron chi connectivity index (χ3n) is 6.09. The third-order valence-corrected chi connectivity index (χ3v) is 6.09. The summed E-state index contributed by atoms with van der Waals surface area (Å²) in [4.78, 5) is 0. The van der Waals surface area contributed by atoms with Crippen LogP contribution in [0, 0.1) is 5.41 Å². The highest BCUT2D eigenvalue weighted by molar-refractivity contribution is 5.67. The zero-order chi connectivity index (χ0) is 24.3. The van der Waals surface area contributed by atoms with Crippen LogP contribution >= 0.6 is 0 Å². The maximum absolute atomic E-state index is 4.65. The van der Waals surface area contributed by atoms with E-state index in [0.29, 0.717) is 0 Å². The fraction of sp³-hybridized carbons (Fsp3) is 0.188. The summed E-state index contributed by atoms with van der Waals surface area (Å²) in [6, 6.07) is 38.3. The molecule has 1 aromatic heterocycles. The van der Waals surface area contributed by atoms with Gasteiger partial charge in [0.2, 0.25) is 0 Å². The van der Waals surface area contributed by atoms with E-state index in [1.54, 1.807) is 0 Å². The van der Waals surface area contributed by atoms with E-state index >= 15 is 0 Å². The Bertz CT molecular complexity index is 1380. The predicted octanol–water partition coefficient (Wildman–Crippen LogP) is 7.78. The minimum Gasteiger partial charge on any atom is -0.275 e. The Kier molecular flexibility index (Phi) is 6.33. The van der Waals surface area contributed by atoms with E-state index in [1.165, 1.54) is 16.7 Å². The fourth-order valence-corrected chi connectivity index (χ4v) is 4.47. The highest BCUT2D eigenvalue weighted by Gasteiger charge is 2.18. The fourth-order valence-electron chi connectivity index (χ4n) is 4.47. The lowest BCUT2D eigenvalue weighted by atomic mass is 9.88. The normalized spacial score (nSPS) is 11.5. The van der Waals surface area contributed by atoms with Crippen LogP contribution in [0.3, 0.4) is 0 Å². The minimum atomic E-state index is 0.255. The van der Waals surface area contributed by atoms with Crippen molar-refractivity contribution in [3.63, 3.8) is 0 Å². The molecule has 35 heavy (non-hydrogen) atoms. The van der Waals surface area contributed by atoms with Crippen LogP contribution in [0.4, 0.5) is 0 Å². The second kappa shape index (κ2) is 9.71. The molecule has 0 saturated heterocycles. The molecule has 5 rings (SSSR count). The summed E-state index contributed by atoms with van der Waals surface area (Å²) in [6.45, 7) is 6.80. The van der Waals surface area contributed by atoms with Crippen LogP contribution < -0.4 is 0 Å². The molecule has 0 radical (unpaired) electrons. The van der Waals surface area contributed by atoms with E-state index in [1.807, 2.05) is 6.07 Å². The first-order chi connectivity index (χ1) is 17.0. The maximum atomic E-state index is 4.65. The lowest BCUT2D eigenvalue weighted by molar-refractivity contribution is 0.411. The average Bonchev–Trinajstić information content (AvgIpc) is 3.30. The van der Waals surface area contributed by atoms with E-state index in [2.05, 4.69) is 139 Å². The Hall–Kier alpha value is -3.98. The second-order valence-corrected chi connectivity index (χ2v) is 10.3. The quantitative estimate of drug-likeness (QED) is 0.261. The van der Waals surface area contributed by atoms with Gasteiger partial charge < -0.3 is 0 Å². The summed E-state index contributed by atoms with van der Waals surface area (Å²) in [5, 5.41) is 9.29. The summed E-state index contributed by atoms with van der Waals surface area (Å²) in [5.74, 6) is 1.69. The standard InChI is InChI=1S/C32H31N3/c1-32(2,3)23-26-16-20-28(21-17-26)31-34-33-30(35(31)29-12-8-5-9-13-29)27-18-14-25(15-19-27)22-24-10-6-4-7-11-24/h4-21H,22-23H2,1-3H3. The molecule has 0 aliphatic rings. The first-order valence-electron chi connectivity index (χ1n) is 12.2. The van der Waals surface area contributed by atoms with Gasteiger partial charge in [0.1, 0.15) is 0 Å². The molecule has 0 amide bonds. The number of aromatic nitrogens is 3. The van der Waals surface area contributed by atoms with Crippen LogP contribution in [0.5, 0.6) is 0 Å². The van der Waals surface area contributed by atoms with Gasteiger partial charge in [-0.3, -0.25) is 4.57 Å². The van der Waals surface area contributed by atoms with Gasteiger partial charge in [0.05, 0.1) is 0 Å². The molecule has 0 aliphatic carbocycles. The maximum Gasteiger partial charge on any atom is 0.168 e. The molecule has 0 unspecified atom stereocenters. The molecule has 0 bridgehead atoms. The predicted molar refractivity (Wildman–Crippen MR) is 145 cm³/mol. The van der Waals surface area contributed by atoms with E-state index in [0.717, 1.165) is 41.3 Å². The van der Waals surface area contributed by atoms with Crippen molar-refractivity contribution in [2.75, 3.05) is 0 Å². The number of benzene rings is 4. The summed E-state index contributed by atoms with van der Waals surface area (Å²) in [5.41, 5.74) is 7.34. The molecule has 5 aromatic rings. The molecule has 0 N–H and O–H groups in total. The van der Waals surface area contributed by atoms with Crippen molar-refractivity contribution in [1.82, 2.24) is 14.8 Å². The summed E-state index contributed by atoms with van der Waals surface area (Å²) in [6.07, 6.45) is 1.96. The zero-order valence-electron chi connectivity index (χ0n) is 20.6. The minimum absolute atomic E-state index is 0.255. The van der Waals surface area contributed by atoms with Crippen molar-refractivity contribution in [1.29, 1.82) is 0 Å². The van der Waals surface area contributed by atoms with E-state index in [9.17, 15) is 0 Å². The van der Waals surface area contributed by atoms with Crippen LogP contribution in [-0.4, -0.2) is 14.8 Å². The molecule has 3 nitrogen and oxygen atoms in total. The van der Waals surface area contributed by atoms with Gasteiger partial charge in [-0.05, 0) is 47.1 Å². The Morgan fingerprint density at radius 3 is 1.51 bits per heavy atom. The lowest BCUT2D eigenvalue weighted by Gasteiger charge is -2.18. The number of hydrogen-bond acceptors (Lipinski definition) is 2. The first-order valence-corrected chi connectivity index (χ1v) is 12.2. The number of rotatable bonds is 6. The number of hydrogen-bond donors (Lipinski definition) is 0. The van der Waals surface area contributed by atoms with Crippen molar-refractivity contribution >= 4 is 0 Å². The molecule has 0 fully saturated rings. The van der Waals surface area contributed by atoms with E-state index < -0.39 is 0 Å². The third kappa shape index (κ3) is 5.41.